The van der Waals surface area contributed by atoms with Crippen molar-refractivity contribution in [2.45, 2.75) is 99.2 Å². The van der Waals surface area contributed by atoms with E-state index in [1.807, 2.05) is 158 Å². The Labute approximate surface area is 687 Å². The topological polar surface area (TPSA) is 387 Å². The number of hydrogen-bond donors (Lipinski definition) is 5. The number of fused-ring (bicyclic) bond motifs is 12. The Morgan fingerprint density at radius 3 is 1.04 bits per heavy atom. The first-order valence-corrected chi connectivity index (χ1v) is 41.2. The highest BCUT2D eigenvalue weighted by Gasteiger charge is 2.56. The molecule has 2 unspecified atom stereocenters. The molecule has 5 aliphatic carbocycles. The van der Waals surface area contributed by atoms with Crippen molar-refractivity contribution in [3.63, 3.8) is 0 Å². The average Bonchev–Trinajstić information content (AvgIpc) is 1.61. The van der Waals surface area contributed by atoms with E-state index in [1.165, 1.54) is 39.6 Å². The molecule has 4 aliphatic heterocycles. The van der Waals surface area contributed by atoms with Crippen molar-refractivity contribution in [1.29, 1.82) is 0 Å². The molecule has 33 heteroatoms. The van der Waals surface area contributed by atoms with Gasteiger partial charge in [-0.05, 0) is 136 Å². The maximum atomic E-state index is 13.0. The molecule has 0 bridgehead atoms. The van der Waals surface area contributed by atoms with Crippen LogP contribution in [0.25, 0.3) is 0 Å². The molecule has 4 saturated carbocycles. The normalized spacial score (nSPS) is 22.7. The summed E-state index contributed by atoms with van der Waals surface area (Å²) in [5.41, 5.74) is 14.7. The van der Waals surface area contributed by atoms with Crippen LogP contribution in [-0.2, 0) is 44.9 Å². The molecule has 590 valence electrons. The summed E-state index contributed by atoms with van der Waals surface area (Å²) in [7, 11) is 6.87. The average molecular weight is 1640 g/mol. The van der Waals surface area contributed by atoms with E-state index in [9.17, 15) is 38.4 Å². The molecule has 12 heterocycles. The number of nitrogens with two attached hydrogens (primary N) is 1. The van der Waals surface area contributed by atoms with E-state index in [-0.39, 0.29) is 103 Å². The van der Waals surface area contributed by atoms with Crippen LogP contribution in [0, 0.1) is 29.7 Å². The molecule has 6 N–H and O–H groups in total. The quantitative estimate of drug-likeness (QED) is 0.0596. The van der Waals surface area contributed by atoms with Crippen molar-refractivity contribution in [1.82, 2.24) is 76.7 Å². The fourth-order valence-corrected chi connectivity index (χ4v) is 18.6. The number of nitrogens with zero attached hydrogens (tertiary/aromatic N) is 16. The molecule has 0 saturated heterocycles. The number of amides is 7. The number of hydrogen-bond acceptors (Lipinski definition) is 25. The van der Waals surface area contributed by atoms with Gasteiger partial charge in [0.05, 0.1) is 30.2 Å². The Morgan fingerprint density at radius 2 is 0.718 bits per heavy atom. The summed E-state index contributed by atoms with van der Waals surface area (Å²) in [6.07, 6.45) is 23.5. The van der Waals surface area contributed by atoms with Gasteiger partial charge in [-0.25, -0.2) is 24.7 Å². The number of allylic oxidation sites excluding steroid dienone is 6. The van der Waals surface area contributed by atoms with Gasteiger partial charge in [0, 0.05) is 78.3 Å². The zero-order valence-corrected chi connectivity index (χ0v) is 66.8. The Morgan fingerprint density at radius 1 is 0.410 bits per heavy atom. The number of carbonyl (C=O) groups is 8. The first kappa shape index (κ1) is 78.2. The largest absolute Gasteiger partial charge is 0.476 e. The fraction of sp³-hybridized carbons (Fsp3) is 0.286. The van der Waals surface area contributed by atoms with Gasteiger partial charge in [-0.15, -0.1) is 40.8 Å². The fourth-order valence-electron chi connectivity index (χ4n) is 15.5. The maximum Gasteiger partial charge on any atom is 0.367 e. The lowest BCUT2D eigenvalue weighted by molar-refractivity contribution is -0.121. The number of anilines is 4. The monoisotopic (exact) mass is 1640 g/mol. The van der Waals surface area contributed by atoms with Gasteiger partial charge >= 0.3 is 5.97 Å². The van der Waals surface area contributed by atoms with E-state index >= 15 is 0 Å². The van der Waals surface area contributed by atoms with E-state index in [0.717, 1.165) is 102 Å². The van der Waals surface area contributed by atoms with E-state index < -0.39 is 24.1 Å². The molecule has 3 aromatic carbocycles. The van der Waals surface area contributed by atoms with Crippen molar-refractivity contribution < 1.29 is 43.5 Å². The Kier molecular flexibility index (Phi) is 22.8. The lowest BCUT2D eigenvalue weighted by atomic mass is 10.1. The van der Waals surface area contributed by atoms with E-state index in [4.69, 9.17) is 10.8 Å². The van der Waals surface area contributed by atoms with Crippen LogP contribution < -0.4 is 41.3 Å². The molecule has 0 spiro atoms. The SMILES string of the molecule is CN1C(=O)[C@@H](N)C2C[C@H]2c2cccnc21.CN1C(=O)[C@@H](NC(=O)c2nnc(CC3=CC=[C+]C=C3)s2)[C@H]2C[C@H]2c2cccnc21.CN1C(=O)[C@@H](NC(=O)c2nnc(Cc3ccccc3)s2)C2C[C@H]2c2cccnc21.CN1C(=O)[C@H](NC(=O)c2nnc(Cc3ccccc3)s2)[C@@H]2C[C@@H]2c2cccnc21.O=C(O)c1nnc(Cc2ccccc2)s1. The number of rotatable bonds is 15. The third kappa shape index (κ3) is 17.4. The minimum atomic E-state index is -1.02. The highest BCUT2D eigenvalue weighted by atomic mass is 32.1. The molecule has 0 radical (unpaired) electrons. The molecule has 11 aromatic rings. The molecular weight excluding hydrogens is 1560 g/mol. The van der Waals surface area contributed by atoms with Crippen LogP contribution in [0.15, 0.2) is 194 Å². The van der Waals surface area contributed by atoms with Gasteiger partial charge in [-0.1, -0.05) is 161 Å². The first-order valence-electron chi connectivity index (χ1n) is 38.0. The minimum absolute atomic E-state index is 0.0139. The summed E-state index contributed by atoms with van der Waals surface area (Å²) in [4.78, 5) is 123. The standard InChI is InChI=1S/2C21H19N5O2S.C21H17N5O2S.C11H13N3O.C10H8N2O2S/c3*1-26-18-13(8-5-9-22-18)14-11-15(14)17(21(26)28)23-19(27)20-25-24-16(29-20)10-12-6-3-2-4-7-12;1-14-10-6(3-2-4-13-10)7-5-8(7)9(12)11(14)15;13-10(14)9-12-11-8(15-9)6-7-4-2-1-3-5-7/h2*2-9,14-15,17H,10-11H2,1H3,(H,23,27);3-9,14-15,17H,10-11H2,1H3;2-4,7-9H,5,12H2,1H3;1-5H,6H2,(H,13,14)/p+1/t14-,15?,17-;2*14-,15-,17-;7-,8?,9-;/m0100./s1. The van der Waals surface area contributed by atoms with Crippen LogP contribution >= 0.6 is 45.3 Å². The van der Waals surface area contributed by atoms with Crippen molar-refractivity contribution in [3.05, 3.63) is 279 Å². The zero-order valence-electron chi connectivity index (χ0n) is 63.6. The molecule has 7 amide bonds. The second-order valence-corrected chi connectivity index (χ2v) is 33.8. The lowest BCUT2D eigenvalue weighted by Gasteiger charge is -2.22. The number of carbonyl (C=O) groups excluding carboxylic acids is 7. The van der Waals surface area contributed by atoms with Crippen LogP contribution in [0.3, 0.4) is 0 Å². The van der Waals surface area contributed by atoms with Gasteiger partial charge in [0.25, 0.3) is 35.4 Å². The van der Waals surface area contributed by atoms with Gasteiger partial charge in [0.15, 0.2) is 0 Å². The second-order valence-electron chi connectivity index (χ2n) is 29.5. The molecule has 8 aromatic heterocycles. The van der Waals surface area contributed by atoms with E-state index in [2.05, 4.69) is 88.8 Å². The zero-order chi connectivity index (χ0) is 81.1. The number of nitrogens with one attached hydrogen (secondary N) is 3. The predicted octanol–water partition coefficient (Wildman–Crippen LogP) is 9.33. The van der Waals surface area contributed by atoms with Crippen molar-refractivity contribution in [3.8, 4) is 0 Å². The second kappa shape index (κ2) is 34.0. The molecule has 9 aliphatic rings. The summed E-state index contributed by atoms with van der Waals surface area (Å²) >= 11 is 4.89. The van der Waals surface area contributed by atoms with Gasteiger partial charge in [0.2, 0.25) is 25.9 Å². The van der Waals surface area contributed by atoms with Crippen LogP contribution in [0.4, 0.5) is 23.3 Å². The Balaban J connectivity index is 0.000000112. The summed E-state index contributed by atoms with van der Waals surface area (Å²) in [6.45, 7) is 0. The number of pyridine rings is 4. The van der Waals surface area contributed by atoms with Crippen molar-refractivity contribution in [2.75, 3.05) is 47.8 Å². The number of aromatic nitrogens is 12. The number of likely N-dealkylation sites (N-methyl/N-ethyl adjacent to an activating group) is 4. The van der Waals surface area contributed by atoms with Crippen LogP contribution in [-0.4, -0.2) is 166 Å². The Hall–Kier alpha value is -12.7. The number of benzene rings is 3. The van der Waals surface area contributed by atoms with Gasteiger partial charge in [0.1, 0.15) is 73.6 Å². The summed E-state index contributed by atoms with van der Waals surface area (Å²) in [6, 6.07) is 43.2. The van der Waals surface area contributed by atoms with E-state index in [0.29, 0.717) is 55.0 Å². The third-order valence-corrected chi connectivity index (χ3v) is 25.6. The Bertz CT molecular complexity index is 5530. The lowest BCUT2D eigenvalue weighted by Crippen LogP contribution is -2.48. The van der Waals surface area contributed by atoms with Gasteiger partial charge < -0.3 is 26.8 Å². The van der Waals surface area contributed by atoms with Gasteiger partial charge in [-0.3, -0.25) is 53.2 Å². The van der Waals surface area contributed by atoms with E-state index in [1.54, 1.807) is 72.6 Å². The highest BCUT2D eigenvalue weighted by molar-refractivity contribution is 7.14. The molecular formula is C84H77N20O9S4+. The van der Waals surface area contributed by atoms with Crippen LogP contribution in [0.2, 0.25) is 0 Å². The van der Waals surface area contributed by atoms with Crippen LogP contribution in [0.5, 0.6) is 0 Å². The number of carboxylic acids is 1. The predicted molar refractivity (Wildman–Crippen MR) is 439 cm³/mol. The molecule has 4 fully saturated rings. The van der Waals surface area contributed by atoms with Crippen molar-refractivity contribution in [2.24, 2.45) is 29.4 Å². The summed E-state index contributed by atoms with van der Waals surface area (Å²) in [5, 5.41) is 53.2. The molecule has 12 atom stereocenters. The summed E-state index contributed by atoms with van der Waals surface area (Å²) < 4.78 is 0. The molecule has 20 rings (SSSR count). The first-order chi connectivity index (χ1) is 56.8. The number of carboxylic acid groups (broad SMARTS) is 1. The van der Waals surface area contributed by atoms with Crippen LogP contribution in [0.1, 0.15) is 148 Å². The van der Waals surface area contributed by atoms with Crippen molar-refractivity contribution >= 4 is 116 Å². The summed E-state index contributed by atoms with van der Waals surface area (Å²) in [5.74, 6) is 2.11. The number of aromatic carboxylic acids is 1. The maximum absolute atomic E-state index is 13.0. The highest BCUT2D eigenvalue weighted by Crippen LogP contribution is 2.57. The minimum Gasteiger partial charge on any atom is -0.476 e. The smallest absolute Gasteiger partial charge is 0.367 e. The third-order valence-electron chi connectivity index (χ3n) is 21.9. The molecule has 117 heavy (non-hydrogen) atoms. The van der Waals surface area contributed by atoms with Gasteiger partial charge in [-0.2, -0.15) is 0 Å². The molecule has 29 nitrogen and oxygen atoms in total.